The summed E-state index contributed by atoms with van der Waals surface area (Å²) in [5.41, 5.74) is 1.03. The first-order valence-electron chi connectivity index (χ1n) is 10.7. The summed E-state index contributed by atoms with van der Waals surface area (Å²) >= 11 is 0. The van der Waals surface area contributed by atoms with Crippen LogP contribution in [0.2, 0.25) is 0 Å². The van der Waals surface area contributed by atoms with Crippen LogP contribution in [-0.2, 0) is 10.1 Å². The zero-order chi connectivity index (χ0) is 21.0. The Balaban J connectivity index is 1.69. The predicted molar refractivity (Wildman–Crippen MR) is 118 cm³/mol. The van der Waals surface area contributed by atoms with Crippen LogP contribution in [0.1, 0.15) is 71.1 Å². The zero-order valence-electron chi connectivity index (χ0n) is 17.4. The number of hydrogen-bond acceptors (Lipinski definition) is 3. The maximum absolute atomic E-state index is 11.5. The maximum atomic E-state index is 11.5. The minimum Gasteiger partial charge on any atom is -0.494 e. The van der Waals surface area contributed by atoms with E-state index < -0.39 is 10.1 Å². The molecular weight excluding hydrogens is 384 g/mol. The molecule has 2 aromatic rings. The van der Waals surface area contributed by atoms with Crippen molar-refractivity contribution >= 4 is 10.1 Å². The SMILES string of the molecule is CCCCCCCCCCCCOc1ccc(-c2[c]cccc2S(=O)(=O)O)cc1. The van der Waals surface area contributed by atoms with Crippen molar-refractivity contribution in [3.8, 4) is 16.9 Å². The Morgan fingerprint density at radius 3 is 2.03 bits per heavy atom. The van der Waals surface area contributed by atoms with E-state index in [1.165, 1.54) is 69.9 Å². The molecule has 0 heterocycles. The first kappa shape index (κ1) is 23.4. The summed E-state index contributed by atoms with van der Waals surface area (Å²) in [6, 6.07) is 14.6. The van der Waals surface area contributed by atoms with Gasteiger partial charge in [-0.05, 0) is 36.2 Å². The molecule has 159 valence electrons. The average Bonchev–Trinajstić information content (AvgIpc) is 2.72. The maximum Gasteiger partial charge on any atom is 0.295 e. The van der Waals surface area contributed by atoms with Crippen molar-refractivity contribution < 1.29 is 17.7 Å². The van der Waals surface area contributed by atoms with Gasteiger partial charge in [0.2, 0.25) is 0 Å². The predicted octanol–water partition coefficient (Wildman–Crippen LogP) is 6.70. The Hall–Kier alpha value is -1.85. The highest BCUT2D eigenvalue weighted by Gasteiger charge is 2.16. The van der Waals surface area contributed by atoms with Crippen LogP contribution < -0.4 is 4.74 Å². The molecule has 1 radical (unpaired) electrons. The second-order valence-electron chi connectivity index (χ2n) is 7.44. The molecule has 0 bridgehead atoms. The molecule has 0 amide bonds. The molecule has 0 aliphatic carbocycles. The summed E-state index contributed by atoms with van der Waals surface area (Å²) < 4.78 is 38.2. The lowest BCUT2D eigenvalue weighted by Crippen LogP contribution is -2.01. The average molecular weight is 418 g/mol. The molecule has 29 heavy (non-hydrogen) atoms. The molecular formula is C24H33O4S. The molecule has 2 rings (SSSR count). The number of hydrogen-bond donors (Lipinski definition) is 1. The molecule has 0 atom stereocenters. The topological polar surface area (TPSA) is 63.6 Å². The van der Waals surface area contributed by atoms with Gasteiger partial charge in [-0.3, -0.25) is 4.55 Å². The molecule has 0 spiro atoms. The summed E-state index contributed by atoms with van der Waals surface area (Å²) in [5.74, 6) is 0.758. The van der Waals surface area contributed by atoms with Crippen molar-refractivity contribution in [2.24, 2.45) is 0 Å². The number of unbranched alkanes of at least 4 members (excludes halogenated alkanes) is 9. The molecule has 0 saturated carbocycles. The minimum atomic E-state index is -4.29. The van der Waals surface area contributed by atoms with Gasteiger partial charge in [0, 0.05) is 5.56 Å². The van der Waals surface area contributed by atoms with Crippen LogP contribution in [0.15, 0.2) is 47.4 Å². The first-order valence-corrected chi connectivity index (χ1v) is 12.2. The van der Waals surface area contributed by atoms with E-state index in [1.807, 2.05) is 12.1 Å². The van der Waals surface area contributed by atoms with E-state index in [9.17, 15) is 13.0 Å². The molecule has 4 nitrogen and oxygen atoms in total. The van der Waals surface area contributed by atoms with E-state index in [-0.39, 0.29) is 4.90 Å². The van der Waals surface area contributed by atoms with E-state index in [1.54, 1.807) is 18.2 Å². The highest BCUT2D eigenvalue weighted by atomic mass is 32.2. The van der Waals surface area contributed by atoms with Crippen molar-refractivity contribution in [2.75, 3.05) is 6.61 Å². The molecule has 0 fully saturated rings. The molecule has 0 aliphatic rings. The fraction of sp³-hybridized carbons (Fsp3) is 0.500. The van der Waals surface area contributed by atoms with Crippen molar-refractivity contribution in [2.45, 2.75) is 76.0 Å². The standard InChI is InChI=1S/C24H33O4S/c1-2-3-4-5-6-7-8-9-10-13-20-28-22-18-16-21(17-19-22)23-14-11-12-15-24(23)29(25,26)27/h11-12,15-19H,2-10,13,20H2,1H3,(H,25,26,27). The van der Waals surface area contributed by atoms with Crippen LogP contribution in [0.3, 0.4) is 0 Å². The molecule has 0 unspecified atom stereocenters. The fourth-order valence-corrected chi connectivity index (χ4v) is 4.04. The van der Waals surface area contributed by atoms with Gasteiger partial charge in [0.15, 0.2) is 0 Å². The van der Waals surface area contributed by atoms with E-state index in [0.717, 1.165) is 12.2 Å². The van der Waals surface area contributed by atoms with Crippen LogP contribution in [0.4, 0.5) is 0 Å². The summed E-state index contributed by atoms with van der Waals surface area (Å²) in [7, 11) is -4.29. The van der Waals surface area contributed by atoms with Gasteiger partial charge in [-0.2, -0.15) is 8.42 Å². The van der Waals surface area contributed by atoms with Gasteiger partial charge >= 0.3 is 0 Å². The highest BCUT2D eigenvalue weighted by molar-refractivity contribution is 7.86. The number of ether oxygens (including phenoxy) is 1. The quantitative estimate of drug-likeness (QED) is 0.274. The van der Waals surface area contributed by atoms with Gasteiger partial charge in [0.1, 0.15) is 10.6 Å². The van der Waals surface area contributed by atoms with Gasteiger partial charge in [-0.15, -0.1) is 0 Å². The second-order valence-corrected chi connectivity index (χ2v) is 8.83. The molecule has 0 aromatic heterocycles. The zero-order valence-corrected chi connectivity index (χ0v) is 18.2. The Bertz CT molecular complexity index is 813. The highest BCUT2D eigenvalue weighted by Crippen LogP contribution is 2.28. The lowest BCUT2D eigenvalue weighted by Gasteiger charge is -2.09. The van der Waals surface area contributed by atoms with Crippen LogP contribution in [0.5, 0.6) is 5.75 Å². The fourth-order valence-electron chi connectivity index (χ4n) is 3.36. The smallest absolute Gasteiger partial charge is 0.295 e. The Morgan fingerprint density at radius 1 is 0.862 bits per heavy atom. The van der Waals surface area contributed by atoms with Gasteiger partial charge < -0.3 is 4.74 Å². The van der Waals surface area contributed by atoms with Crippen LogP contribution >= 0.6 is 0 Å². The van der Waals surface area contributed by atoms with Gasteiger partial charge in [0.05, 0.1) is 6.61 Å². The third-order valence-corrected chi connectivity index (χ3v) is 5.90. The van der Waals surface area contributed by atoms with Gasteiger partial charge in [-0.1, -0.05) is 89.0 Å². The summed E-state index contributed by atoms with van der Waals surface area (Å²) in [4.78, 5) is -0.140. The number of rotatable bonds is 14. The summed E-state index contributed by atoms with van der Waals surface area (Å²) in [5, 5.41) is 0. The van der Waals surface area contributed by atoms with E-state index >= 15 is 0 Å². The molecule has 0 saturated heterocycles. The minimum absolute atomic E-state index is 0.140. The second kappa shape index (κ2) is 12.7. The Labute approximate surface area is 176 Å². The molecule has 2 aromatic carbocycles. The monoisotopic (exact) mass is 417 g/mol. The van der Waals surface area contributed by atoms with Gasteiger partial charge in [-0.25, -0.2) is 0 Å². The Morgan fingerprint density at radius 2 is 1.45 bits per heavy atom. The van der Waals surface area contributed by atoms with Crippen molar-refractivity contribution in [1.29, 1.82) is 0 Å². The number of benzene rings is 2. The molecule has 5 heteroatoms. The Kier molecular flexibility index (Phi) is 10.2. The third kappa shape index (κ3) is 8.58. The lowest BCUT2D eigenvalue weighted by atomic mass is 10.1. The van der Waals surface area contributed by atoms with Crippen molar-refractivity contribution in [3.05, 3.63) is 48.5 Å². The first-order chi connectivity index (χ1) is 14.0. The van der Waals surface area contributed by atoms with Crippen LogP contribution in [0, 0.1) is 6.07 Å². The van der Waals surface area contributed by atoms with Crippen molar-refractivity contribution in [3.63, 3.8) is 0 Å². The van der Waals surface area contributed by atoms with E-state index in [2.05, 4.69) is 13.0 Å². The molecule has 1 N–H and O–H groups in total. The van der Waals surface area contributed by atoms with E-state index in [0.29, 0.717) is 17.7 Å². The largest absolute Gasteiger partial charge is 0.494 e. The van der Waals surface area contributed by atoms with Gasteiger partial charge in [0.25, 0.3) is 10.1 Å². The lowest BCUT2D eigenvalue weighted by molar-refractivity contribution is 0.304. The molecule has 0 aliphatic heterocycles. The van der Waals surface area contributed by atoms with Crippen molar-refractivity contribution in [1.82, 2.24) is 0 Å². The normalized spacial score (nSPS) is 11.5. The summed E-state index contributed by atoms with van der Waals surface area (Å²) in [6.07, 6.45) is 12.9. The van der Waals surface area contributed by atoms with Crippen LogP contribution in [-0.4, -0.2) is 19.6 Å². The third-order valence-electron chi connectivity index (χ3n) is 5.01. The van der Waals surface area contributed by atoms with E-state index in [4.69, 9.17) is 4.74 Å². The van der Waals surface area contributed by atoms with Crippen LogP contribution in [0.25, 0.3) is 11.1 Å². The summed E-state index contributed by atoms with van der Waals surface area (Å²) in [6.45, 7) is 2.93.